The molecule has 2 heterocycles. The maximum atomic E-state index is 12.5. The second kappa shape index (κ2) is 10.7. The summed E-state index contributed by atoms with van der Waals surface area (Å²) >= 11 is 0. The van der Waals surface area contributed by atoms with Crippen LogP contribution in [0.2, 0.25) is 0 Å². The lowest BCUT2D eigenvalue weighted by Gasteiger charge is -2.39. The highest BCUT2D eigenvalue weighted by Gasteiger charge is 2.32. The summed E-state index contributed by atoms with van der Waals surface area (Å²) in [5.74, 6) is 0.830. The fraction of sp³-hybridized carbons (Fsp3) is 0.556. The molecule has 2 fully saturated rings. The smallest absolute Gasteiger partial charge is 0.238 e. The van der Waals surface area contributed by atoms with Crippen molar-refractivity contribution in [1.82, 2.24) is 15.1 Å². The molecule has 1 atom stereocenters. The van der Waals surface area contributed by atoms with Crippen LogP contribution in [-0.2, 0) is 9.59 Å². The maximum absolute atomic E-state index is 12.5. The van der Waals surface area contributed by atoms with Gasteiger partial charge in [0.15, 0.2) is 0 Å². The Labute approximate surface area is 167 Å². The van der Waals surface area contributed by atoms with Crippen molar-refractivity contribution in [3.05, 3.63) is 30.3 Å². The first-order valence-corrected chi connectivity index (χ1v) is 8.70. The molecule has 0 saturated carbocycles. The molecular weight excluding hydrogens is 375 g/mol. The highest BCUT2D eigenvalue weighted by Crippen LogP contribution is 2.19. The third-order valence-electron chi connectivity index (χ3n) is 5.02. The van der Waals surface area contributed by atoms with E-state index in [9.17, 15) is 9.59 Å². The number of anilines is 1. The van der Waals surface area contributed by atoms with Crippen LogP contribution in [0, 0.1) is 11.8 Å². The van der Waals surface area contributed by atoms with E-state index in [1.165, 1.54) is 0 Å². The summed E-state index contributed by atoms with van der Waals surface area (Å²) in [6.07, 6.45) is 0. The molecule has 3 rings (SSSR count). The predicted octanol–water partition coefficient (Wildman–Crippen LogP) is 1.47. The Bertz CT molecular complexity index is 576. The summed E-state index contributed by atoms with van der Waals surface area (Å²) in [6.45, 7) is 7.24. The largest absolute Gasteiger partial charge is 0.340 e. The molecule has 0 spiro atoms. The minimum absolute atomic E-state index is 0. The van der Waals surface area contributed by atoms with Gasteiger partial charge in [-0.15, -0.1) is 24.8 Å². The van der Waals surface area contributed by atoms with Gasteiger partial charge in [-0.25, -0.2) is 0 Å². The van der Waals surface area contributed by atoms with Gasteiger partial charge in [-0.1, -0.05) is 25.1 Å². The monoisotopic (exact) mass is 402 g/mol. The molecule has 26 heavy (non-hydrogen) atoms. The molecule has 2 amide bonds. The Hall–Kier alpha value is -1.34. The topological polar surface area (TPSA) is 64.7 Å². The normalized spacial score (nSPS) is 18.7. The van der Waals surface area contributed by atoms with Crippen LogP contribution >= 0.6 is 24.8 Å². The quantitative estimate of drug-likeness (QED) is 0.782. The van der Waals surface area contributed by atoms with E-state index in [4.69, 9.17) is 0 Å². The minimum Gasteiger partial charge on any atom is -0.340 e. The molecular formula is C18H28Cl2N4O2. The summed E-state index contributed by atoms with van der Waals surface area (Å²) < 4.78 is 0. The van der Waals surface area contributed by atoms with Crippen LogP contribution < -0.4 is 10.6 Å². The van der Waals surface area contributed by atoms with E-state index in [0.717, 1.165) is 31.9 Å². The lowest BCUT2D eigenvalue weighted by molar-refractivity contribution is -0.139. The van der Waals surface area contributed by atoms with Crippen molar-refractivity contribution in [1.29, 1.82) is 0 Å². The van der Waals surface area contributed by atoms with E-state index in [1.54, 1.807) is 0 Å². The first-order chi connectivity index (χ1) is 11.6. The molecule has 146 valence electrons. The molecule has 1 unspecified atom stereocenters. The van der Waals surface area contributed by atoms with Gasteiger partial charge in [0.1, 0.15) is 0 Å². The number of carbonyl (C=O) groups is 2. The van der Waals surface area contributed by atoms with Crippen molar-refractivity contribution < 1.29 is 9.59 Å². The van der Waals surface area contributed by atoms with Crippen molar-refractivity contribution in [2.24, 2.45) is 11.8 Å². The minimum atomic E-state index is -0.00473. The van der Waals surface area contributed by atoms with Crippen LogP contribution in [0.25, 0.3) is 0 Å². The molecule has 8 heteroatoms. The van der Waals surface area contributed by atoms with E-state index < -0.39 is 0 Å². The third kappa shape index (κ3) is 5.84. The fourth-order valence-electron chi connectivity index (χ4n) is 3.21. The molecule has 0 bridgehead atoms. The Morgan fingerprint density at radius 3 is 2.27 bits per heavy atom. The SMILES string of the molecule is CC(C(=O)N1CCN(CC(=O)Nc2ccccc2)CC1)C1CNC1.Cl.Cl. The average Bonchev–Trinajstić information content (AvgIpc) is 2.54. The molecule has 2 aliphatic heterocycles. The number of amides is 2. The number of nitrogens with one attached hydrogen (secondary N) is 2. The highest BCUT2D eigenvalue weighted by molar-refractivity contribution is 5.92. The second-order valence-corrected chi connectivity index (χ2v) is 6.72. The molecule has 2 N–H and O–H groups in total. The zero-order chi connectivity index (χ0) is 16.9. The van der Waals surface area contributed by atoms with E-state index in [2.05, 4.69) is 15.5 Å². The average molecular weight is 403 g/mol. The van der Waals surface area contributed by atoms with E-state index in [-0.39, 0.29) is 42.5 Å². The van der Waals surface area contributed by atoms with Gasteiger partial charge >= 0.3 is 0 Å². The lowest BCUT2D eigenvalue weighted by Crippen LogP contribution is -2.55. The summed E-state index contributed by atoms with van der Waals surface area (Å²) in [7, 11) is 0. The summed E-state index contributed by atoms with van der Waals surface area (Å²) in [5, 5.41) is 6.13. The maximum Gasteiger partial charge on any atom is 0.238 e. The van der Waals surface area contributed by atoms with Crippen molar-refractivity contribution in [2.75, 3.05) is 51.1 Å². The zero-order valence-corrected chi connectivity index (χ0v) is 16.7. The number of nitrogens with zero attached hydrogens (tertiary/aromatic N) is 2. The number of carbonyl (C=O) groups excluding carboxylic acids is 2. The molecule has 6 nitrogen and oxygen atoms in total. The molecule has 0 aliphatic carbocycles. The molecule has 1 aromatic carbocycles. The van der Waals surface area contributed by atoms with Gasteiger partial charge in [-0.2, -0.15) is 0 Å². The van der Waals surface area contributed by atoms with Crippen molar-refractivity contribution in [2.45, 2.75) is 6.92 Å². The Morgan fingerprint density at radius 2 is 1.73 bits per heavy atom. The molecule has 2 saturated heterocycles. The van der Waals surface area contributed by atoms with Crippen LogP contribution in [0.1, 0.15) is 6.92 Å². The van der Waals surface area contributed by atoms with Gasteiger partial charge < -0.3 is 15.5 Å². The number of piperazine rings is 1. The van der Waals surface area contributed by atoms with Gasteiger partial charge in [0, 0.05) is 37.8 Å². The zero-order valence-electron chi connectivity index (χ0n) is 15.0. The Kier molecular flexibility index (Phi) is 9.36. The number of hydrogen-bond donors (Lipinski definition) is 2. The molecule has 1 aromatic rings. The predicted molar refractivity (Wildman–Crippen MR) is 108 cm³/mol. The summed E-state index contributed by atoms with van der Waals surface area (Å²) in [6, 6.07) is 9.49. The van der Waals surface area contributed by atoms with Crippen LogP contribution in [-0.4, -0.2) is 67.4 Å². The fourth-order valence-corrected chi connectivity index (χ4v) is 3.21. The first-order valence-electron chi connectivity index (χ1n) is 8.70. The Morgan fingerprint density at radius 1 is 1.12 bits per heavy atom. The molecule has 0 radical (unpaired) electrons. The van der Waals surface area contributed by atoms with E-state index in [1.807, 2.05) is 42.2 Å². The number of rotatable bonds is 5. The summed E-state index contributed by atoms with van der Waals surface area (Å²) in [5.41, 5.74) is 0.819. The highest BCUT2D eigenvalue weighted by atomic mass is 35.5. The van der Waals surface area contributed by atoms with Gasteiger partial charge in [0.25, 0.3) is 0 Å². The Balaban J connectivity index is 0.00000169. The van der Waals surface area contributed by atoms with Crippen LogP contribution in [0.3, 0.4) is 0 Å². The standard InChI is InChI=1S/C18H26N4O2.2ClH/c1-14(15-11-19-12-15)18(24)22-9-7-21(8-10-22)13-17(23)20-16-5-3-2-4-6-16;;/h2-6,14-15,19H,7-13H2,1H3,(H,20,23);2*1H. The summed E-state index contributed by atoms with van der Waals surface area (Å²) in [4.78, 5) is 28.7. The molecule has 0 aromatic heterocycles. The third-order valence-corrected chi connectivity index (χ3v) is 5.02. The van der Waals surface area contributed by atoms with Crippen LogP contribution in [0.5, 0.6) is 0 Å². The number of halogens is 2. The van der Waals surface area contributed by atoms with Gasteiger partial charge in [-0.3, -0.25) is 14.5 Å². The van der Waals surface area contributed by atoms with Crippen molar-refractivity contribution in [3.8, 4) is 0 Å². The van der Waals surface area contributed by atoms with E-state index in [0.29, 0.717) is 25.6 Å². The molecule has 2 aliphatic rings. The van der Waals surface area contributed by atoms with Crippen LogP contribution in [0.15, 0.2) is 30.3 Å². The van der Waals surface area contributed by atoms with Crippen molar-refractivity contribution >= 4 is 42.3 Å². The van der Waals surface area contributed by atoms with Gasteiger partial charge in [0.05, 0.1) is 6.54 Å². The first kappa shape index (κ1) is 22.7. The number of hydrogen-bond acceptors (Lipinski definition) is 4. The lowest BCUT2D eigenvalue weighted by atomic mass is 9.88. The van der Waals surface area contributed by atoms with E-state index >= 15 is 0 Å². The van der Waals surface area contributed by atoms with Gasteiger partial charge in [0.2, 0.25) is 11.8 Å². The number of benzene rings is 1. The second-order valence-electron chi connectivity index (χ2n) is 6.72. The number of para-hydroxylation sites is 1. The van der Waals surface area contributed by atoms with Crippen molar-refractivity contribution in [3.63, 3.8) is 0 Å². The van der Waals surface area contributed by atoms with Gasteiger partial charge in [-0.05, 0) is 31.1 Å². The van der Waals surface area contributed by atoms with Crippen LogP contribution in [0.4, 0.5) is 5.69 Å².